The quantitative estimate of drug-likeness (QED) is 0.882. The molecular formula is C17H19NO5. The second kappa shape index (κ2) is 7.00. The molecule has 6 heteroatoms. The summed E-state index contributed by atoms with van der Waals surface area (Å²) in [5.41, 5.74) is 2.34. The van der Waals surface area contributed by atoms with Crippen LogP contribution in [0.25, 0.3) is 0 Å². The van der Waals surface area contributed by atoms with Crippen molar-refractivity contribution in [1.29, 1.82) is 0 Å². The van der Waals surface area contributed by atoms with Crippen LogP contribution in [0, 0.1) is 6.92 Å². The van der Waals surface area contributed by atoms with Crippen LogP contribution in [0.4, 0.5) is 0 Å². The number of aryl methyl sites for hydroxylation is 1. The van der Waals surface area contributed by atoms with Gasteiger partial charge in [0.25, 0.3) is 0 Å². The predicted molar refractivity (Wildman–Crippen MR) is 84.8 cm³/mol. The first-order chi connectivity index (χ1) is 11.0. The van der Waals surface area contributed by atoms with Gasteiger partial charge in [0.15, 0.2) is 11.5 Å². The maximum atomic E-state index is 11.4. The molecular weight excluding hydrogens is 298 g/mol. The first-order valence-electron chi connectivity index (χ1n) is 6.97. The monoisotopic (exact) mass is 317 g/mol. The normalized spacial score (nSPS) is 10.3. The third kappa shape index (κ3) is 3.53. The largest absolute Gasteiger partial charge is 0.497 e. The lowest BCUT2D eigenvalue weighted by molar-refractivity contribution is 0.0695. The number of methoxy groups -OCH3 is 3. The Morgan fingerprint density at radius 2 is 1.83 bits per heavy atom. The number of hydrogen-bond acceptors (Lipinski definition) is 5. The van der Waals surface area contributed by atoms with Gasteiger partial charge in [0.1, 0.15) is 5.75 Å². The van der Waals surface area contributed by atoms with E-state index in [0.29, 0.717) is 29.2 Å². The van der Waals surface area contributed by atoms with Crippen molar-refractivity contribution >= 4 is 5.97 Å². The van der Waals surface area contributed by atoms with Crippen LogP contribution in [0.15, 0.2) is 24.4 Å². The number of aromatic carboxylic acids is 1. The lowest BCUT2D eigenvalue weighted by atomic mass is 9.99. The molecule has 1 aromatic carbocycles. The number of pyridine rings is 1. The summed E-state index contributed by atoms with van der Waals surface area (Å²) in [5.74, 6) is 0.685. The van der Waals surface area contributed by atoms with Crippen LogP contribution in [0.2, 0.25) is 0 Å². The number of nitrogens with zero attached hydrogens (tertiary/aromatic N) is 1. The number of ether oxygens (including phenoxy) is 3. The molecule has 0 bridgehead atoms. The zero-order valence-corrected chi connectivity index (χ0v) is 13.5. The van der Waals surface area contributed by atoms with Crippen molar-refractivity contribution in [2.75, 3.05) is 21.3 Å². The van der Waals surface area contributed by atoms with Crippen molar-refractivity contribution < 1.29 is 24.1 Å². The van der Waals surface area contributed by atoms with Crippen molar-refractivity contribution in [3.8, 4) is 17.2 Å². The van der Waals surface area contributed by atoms with Crippen LogP contribution in [0.5, 0.6) is 17.2 Å². The molecule has 0 fully saturated rings. The topological polar surface area (TPSA) is 77.9 Å². The van der Waals surface area contributed by atoms with Crippen LogP contribution in [0.3, 0.4) is 0 Å². The summed E-state index contributed by atoms with van der Waals surface area (Å²) in [6.07, 6.45) is 1.73. The molecule has 2 rings (SSSR count). The van der Waals surface area contributed by atoms with E-state index in [9.17, 15) is 9.90 Å². The van der Waals surface area contributed by atoms with Gasteiger partial charge < -0.3 is 19.3 Å². The van der Waals surface area contributed by atoms with E-state index < -0.39 is 5.97 Å². The maximum absolute atomic E-state index is 11.4. The molecule has 6 nitrogen and oxygen atoms in total. The molecule has 0 atom stereocenters. The molecule has 0 aliphatic carbocycles. The highest BCUT2D eigenvalue weighted by molar-refractivity contribution is 5.89. The van der Waals surface area contributed by atoms with Gasteiger partial charge in [0, 0.05) is 29.9 Å². The highest BCUT2D eigenvalue weighted by atomic mass is 16.5. The van der Waals surface area contributed by atoms with E-state index in [1.165, 1.54) is 6.20 Å². The van der Waals surface area contributed by atoms with Crippen molar-refractivity contribution in [3.63, 3.8) is 0 Å². The number of benzene rings is 1. The van der Waals surface area contributed by atoms with E-state index in [4.69, 9.17) is 14.2 Å². The van der Waals surface area contributed by atoms with Crippen molar-refractivity contribution in [2.24, 2.45) is 0 Å². The Morgan fingerprint density at radius 3 is 2.39 bits per heavy atom. The second-order valence-corrected chi connectivity index (χ2v) is 4.99. The minimum absolute atomic E-state index is 0.166. The van der Waals surface area contributed by atoms with E-state index in [2.05, 4.69) is 4.98 Å². The average molecular weight is 317 g/mol. The molecule has 0 amide bonds. The Kier molecular flexibility index (Phi) is 5.05. The van der Waals surface area contributed by atoms with Gasteiger partial charge >= 0.3 is 5.97 Å². The fraction of sp³-hybridized carbons (Fsp3) is 0.294. The van der Waals surface area contributed by atoms with Crippen LogP contribution in [0.1, 0.15) is 27.2 Å². The highest BCUT2D eigenvalue weighted by Crippen LogP contribution is 2.37. The van der Waals surface area contributed by atoms with Gasteiger partial charge in [-0.2, -0.15) is 0 Å². The molecule has 0 saturated carbocycles. The maximum Gasteiger partial charge on any atom is 0.337 e. The van der Waals surface area contributed by atoms with Crippen LogP contribution < -0.4 is 14.2 Å². The molecule has 1 aromatic heterocycles. The van der Waals surface area contributed by atoms with Gasteiger partial charge in [-0.1, -0.05) is 0 Å². The van der Waals surface area contributed by atoms with Crippen LogP contribution in [-0.4, -0.2) is 37.4 Å². The first kappa shape index (κ1) is 16.6. The molecule has 0 aliphatic heterocycles. The molecule has 1 N–H and O–H groups in total. The average Bonchev–Trinajstić information content (AvgIpc) is 2.53. The lowest BCUT2D eigenvalue weighted by Gasteiger charge is -2.15. The van der Waals surface area contributed by atoms with Crippen molar-refractivity contribution in [3.05, 3.63) is 46.8 Å². The summed E-state index contributed by atoms with van der Waals surface area (Å²) in [4.78, 5) is 15.5. The number of aromatic nitrogens is 1. The molecule has 2 aromatic rings. The number of rotatable bonds is 6. The Balaban J connectivity index is 2.55. The van der Waals surface area contributed by atoms with Gasteiger partial charge in [-0.3, -0.25) is 4.98 Å². The zero-order chi connectivity index (χ0) is 17.0. The van der Waals surface area contributed by atoms with Crippen molar-refractivity contribution in [2.45, 2.75) is 13.3 Å². The Labute approximate surface area is 134 Å². The summed E-state index contributed by atoms with van der Waals surface area (Å²) in [7, 11) is 4.65. The van der Waals surface area contributed by atoms with E-state index in [0.717, 1.165) is 11.3 Å². The standard InChI is InChI=1S/C17H19NO5/c1-10-5-11(14(9-18-10)17(19)20)6-12-7-13(21-2)8-15(22-3)16(12)23-4/h5,7-9H,6H2,1-4H3,(H,19,20). The molecule has 122 valence electrons. The summed E-state index contributed by atoms with van der Waals surface area (Å²) in [6.45, 7) is 1.82. The van der Waals surface area contributed by atoms with Gasteiger partial charge in [-0.15, -0.1) is 0 Å². The van der Waals surface area contributed by atoms with Crippen LogP contribution in [-0.2, 0) is 6.42 Å². The number of carboxylic acid groups (broad SMARTS) is 1. The molecule has 1 heterocycles. The molecule has 23 heavy (non-hydrogen) atoms. The van der Waals surface area contributed by atoms with Gasteiger partial charge in [-0.05, 0) is 24.6 Å². The van der Waals surface area contributed by atoms with E-state index in [1.807, 2.05) is 13.0 Å². The molecule has 0 spiro atoms. The SMILES string of the molecule is COc1cc(Cc2cc(C)ncc2C(=O)O)c(OC)c(OC)c1. The summed E-state index contributed by atoms with van der Waals surface area (Å²) in [6, 6.07) is 5.29. The summed E-state index contributed by atoms with van der Waals surface area (Å²) in [5, 5.41) is 9.34. The third-order valence-corrected chi connectivity index (χ3v) is 3.50. The van der Waals surface area contributed by atoms with E-state index in [-0.39, 0.29) is 5.56 Å². The Morgan fingerprint density at radius 1 is 1.09 bits per heavy atom. The minimum Gasteiger partial charge on any atom is -0.497 e. The highest BCUT2D eigenvalue weighted by Gasteiger charge is 2.17. The van der Waals surface area contributed by atoms with Gasteiger partial charge in [-0.25, -0.2) is 4.79 Å². The number of hydrogen-bond donors (Lipinski definition) is 1. The Hall–Kier alpha value is -2.76. The summed E-state index contributed by atoms with van der Waals surface area (Å²) < 4.78 is 16.0. The number of carbonyl (C=O) groups is 1. The predicted octanol–water partition coefficient (Wildman–Crippen LogP) is 2.70. The molecule has 0 saturated heterocycles. The molecule has 0 aliphatic rings. The van der Waals surface area contributed by atoms with Gasteiger partial charge in [0.2, 0.25) is 0 Å². The second-order valence-electron chi connectivity index (χ2n) is 4.99. The molecule has 0 radical (unpaired) electrons. The first-order valence-corrected chi connectivity index (χ1v) is 6.97. The fourth-order valence-electron chi connectivity index (χ4n) is 2.42. The van der Waals surface area contributed by atoms with Crippen molar-refractivity contribution in [1.82, 2.24) is 4.98 Å². The summed E-state index contributed by atoms with van der Waals surface area (Å²) >= 11 is 0. The van der Waals surface area contributed by atoms with Gasteiger partial charge in [0.05, 0.1) is 26.9 Å². The fourth-order valence-corrected chi connectivity index (χ4v) is 2.42. The van der Waals surface area contributed by atoms with Crippen LogP contribution >= 0.6 is 0 Å². The Bertz CT molecular complexity index is 727. The third-order valence-electron chi connectivity index (χ3n) is 3.50. The number of carboxylic acids is 1. The van der Waals surface area contributed by atoms with E-state index >= 15 is 0 Å². The smallest absolute Gasteiger partial charge is 0.337 e. The van der Waals surface area contributed by atoms with E-state index in [1.54, 1.807) is 33.5 Å². The minimum atomic E-state index is -1.01. The zero-order valence-electron chi connectivity index (χ0n) is 13.5. The lowest BCUT2D eigenvalue weighted by Crippen LogP contribution is -2.06. The molecule has 0 unspecified atom stereocenters.